The van der Waals surface area contributed by atoms with Gasteiger partial charge >= 0.3 is 12.0 Å². The Labute approximate surface area is 102 Å². The Morgan fingerprint density at radius 3 is 2.53 bits per heavy atom. The van der Waals surface area contributed by atoms with E-state index in [1.165, 1.54) is 4.90 Å². The first kappa shape index (κ1) is 13.5. The summed E-state index contributed by atoms with van der Waals surface area (Å²) in [6, 6.07) is -1.54. The summed E-state index contributed by atoms with van der Waals surface area (Å²) in [5.74, 6) is 1.91. The number of nitrogens with zero attached hydrogens (tertiary/aromatic N) is 1. The van der Waals surface area contributed by atoms with Crippen molar-refractivity contribution in [1.82, 2.24) is 10.2 Å². The number of nitrogens with one attached hydrogen (secondary N) is 1. The number of aliphatic carboxylic acids is 1. The lowest BCUT2D eigenvalue weighted by Crippen LogP contribution is -2.51. The number of rotatable bonds is 3. The molecule has 0 aromatic heterocycles. The second-order valence-corrected chi connectivity index (χ2v) is 5.28. The van der Waals surface area contributed by atoms with Crippen LogP contribution in [0.25, 0.3) is 0 Å². The van der Waals surface area contributed by atoms with Gasteiger partial charge in [-0.3, -0.25) is 4.21 Å². The standard InChI is InChI=1S/C10H14N2O4S/c1-2-3-8(9(13)14)11-10(15)12-4-6-17(16)7-5-12/h1,8H,3-7H2,(H,11,15)(H,13,14). The van der Waals surface area contributed by atoms with E-state index in [1.807, 2.05) is 0 Å². The Morgan fingerprint density at radius 2 is 2.06 bits per heavy atom. The van der Waals surface area contributed by atoms with Crippen LogP contribution in [0.3, 0.4) is 0 Å². The van der Waals surface area contributed by atoms with E-state index in [4.69, 9.17) is 11.5 Å². The predicted molar refractivity (Wildman–Crippen MR) is 62.9 cm³/mol. The van der Waals surface area contributed by atoms with Crippen molar-refractivity contribution in [2.75, 3.05) is 24.6 Å². The summed E-state index contributed by atoms with van der Waals surface area (Å²) in [4.78, 5) is 23.9. The number of urea groups is 1. The van der Waals surface area contributed by atoms with Gasteiger partial charge in [-0.25, -0.2) is 9.59 Å². The minimum Gasteiger partial charge on any atom is -0.480 e. The summed E-state index contributed by atoms with van der Waals surface area (Å²) in [5, 5.41) is 11.2. The van der Waals surface area contributed by atoms with Crippen LogP contribution in [0.5, 0.6) is 0 Å². The van der Waals surface area contributed by atoms with Crippen LogP contribution in [0, 0.1) is 12.3 Å². The first-order valence-corrected chi connectivity index (χ1v) is 6.60. The highest BCUT2D eigenvalue weighted by Gasteiger charge is 2.24. The minimum absolute atomic E-state index is 0.0547. The van der Waals surface area contributed by atoms with Crippen LogP contribution in [0.1, 0.15) is 6.42 Å². The van der Waals surface area contributed by atoms with E-state index in [0.717, 1.165) is 0 Å². The van der Waals surface area contributed by atoms with Gasteiger partial charge in [-0.15, -0.1) is 12.3 Å². The lowest BCUT2D eigenvalue weighted by molar-refractivity contribution is -0.139. The number of carboxylic acid groups (broad SMARTS) is 1. The Morgan fingerprint density at radius 1 is 1.47 bits per heavy atom. The second-order valence-electron chi connectivity index (χ2n) is 3.58. The van der Waals surface area contributed by atoms with Gasteiger partial charge in [-0.05, 0) is 0 Å². The molecule has 94 valence electrons. The Balaban J connectivity index is 2.50. The summed E-state index contributed by atoms with van der Waals surface area (Å²) in [6.45, 7) is 0.752. The molecule has 2 amide bonds. The lowest BCUT2D eigenvalue weighted by Gasteiger charge is -2.27. The minimum atomic E-state index is -1.16. The van der Waals surface area contributed by atoms with E-state index in [1.54, 1.807) is 0 Å². The fraction of sp³-hybridized carbons (Fsp3) is 0.600. The molecule has 2 N–H and O–H groups in total. The third-order valence-corrected chi connectivity index (χ3v) is 3.66. The molecule has 17 heavy (non-hydrogen) atoms. The van der Waals surface area contributed by atoms with Crippen LogP contribution < -0.4 is 5.32 Å². The van der Waals surface area contributed by atoms with Crippen molar-refractivity contribution in [3.8, 4) is 12.3 Å². The molecule has 1 saturated heterocycles. The van der Waals surface area contributed by atoms with Crippen LogP contribution in [-0.2, 0) is 15.6 Å². The predicted octanol–water partition coefficient (Wildman–Crippen LogP) is -0.763. The number of amides is 2. The molecule has 7 heteroatoms. The zero-order valence-corrected chi connectivity index (χ0v) is 10.0. The maximum absolute atomic E-state index is 11.7. The molecule has 1 atom stereocenters. The first-order valence-electron chi connectivity index (χ1n) is 5.11. The summed E-state index contributed by atoms with van der Waals surface area (Å²) < 4.78 is 11.1. The van der Waals surface area contributed by atoms with E-state index < -0.39 is 28.8 Å². The van der Waals surface area contributed by atoms with Crippen LogP contribution in [0.15, 0.2) is 0 Å². The molecular formula is C10H14N2O4S. The number of carboxylic acids is 1. The molecule has 1 rings (SSSR count). The van der Waals surface area contributed by atoms with Gasteiger partial charge in [-0.2, -0.15) is 0 Å². The Hall–Kier alpha value is -1.55. The summed E-state index contributed by atoms with van der Waals surface area (Å²) in [6.07, 6.45) is 4.97. The number of terminal acetylenes is 1. The monoisotopic (exact) mass is 258 g/mol. The van der Waals surface area contributed by atoms with Crippen molar-refractivity contribution in [1.29, 1.82) is 0 Å². The van der Waals surface area contributed by atoms with Gasteiger partial charge in [0.25, 0.3) is 0 Å². The Bertz CT molecular complexity index is 367. The van der Waals surface area contributed by atoms with Crippen molar-refractivity contribution in [3.05, 3.63) is 0 Å². The van der Waals surface area contributed by atoms with E-state index in [-0.39, 0.29) is 6.42 Å². The first-order chi connectivity index (χ1) is 8.04. The average molecular weight is 258 g/mol. The molecule has 1 heterocycles. The molecule has 0 saturated carbocycles. The maximum atomic E-state index is 11.7. The molecule has 1 fully saturated rings. The molecule has 1 aliphatic rings. The fourth-order valence-corrected chi connectivity index (χ4v) is 2.45. The van der Waals surface area contributed by atoms with Crippen molar-refractivity contribution in [3.63, 3.8) is 0 Å². The SMILES string of the molecule is C#CCC(NC(=O)N1CCS(=O)CC1)C(=O)O. The smallest absolute Gasteiger partial charge is 0.327 e. The van der Waals surface area contributed by atoms with Crippen molar-refractivity contribution in [2.45, 2.75) is 12.5 Å². The topological polar surface area (TPSA) is 86.7 Å². The molecule has 0 bridgehead atoms. The van der Waals surface area contributed by atoms with Gasteiger partial charge in [-0.1, -0.05) is 0 Å². The highest BCUT2D eigenvalue weighted by molar-refractivity contribution is 7.85. The fourth-order valence-electron chi connectivity index (χ4n) is 1.40. The van der Waals surface area contributed by atoms with Gasteiger partial charge in [0.05, 0.1) is 0 Å². The van der Waals surface area contributed by atoms with Gasteiger partial charge < -0.3 is 15.3 Å². The van der Waals surface area contributed by atoms with Crippen molar-refractivity contribution in [2.24, 2.45) is 0 Å². The summed E-state index contributed by atoms with van der Waals surface area (Å²) >= 11 is 0. The zero-order valence-electron chi connectivity index (χ0n) is 9.22. The molecule has 0 aromatic rings. The average Bonchev–Trinajstić information content (AvgIpc) is 2.29. The molecule has 0 aromatic carbocycles. The van der Waals surface area contributed by atoms with Gasteiger partial charge in [0.1, 0.15) is 6.04 Å². The van der Waals surface area contributed by atoms with E-state index in [9.17, 15) is 13.8 Å². The van der Waals surface area contributed by atoms with Crippen molar-refractivity contribution >= 4 is 22.8 Å². The number of hydrogen-bond acceptors (Lipinski definition) is 3. The lowest BCUT2D eigenvalue weighted by atomic mass is 10.2. The number of hydrogen-bond donors (Lipinski definition) is 2. The van der Waals surface area contributed by atoms with Crippen LogP contribution in [0.2, 0.25) is 0 Å². The van der Waals surface area contributed by atoms with Crippen LogP contribution >= 0.6 is 0 Å². The quantitative estimate of drug-likeness (QED) is 0.651. The molecule has 6 nitrogen and oxygen atoms in total. The zero-order chi connectivity index (χ0) is 12.8. The molecule has 0 radical (unpaired) electrons. The summed E-state index contributed by atoms with van der Waals surface area (Å²) in [7, 11) is -0.873. The largest absolute Gasteiger partial charge is 0.480 e. The van der Waals surface area contributed by atoms with E-state index in [2.05, 4.69) is 11.2 Å². The highest BCUT2D eigenvalue weighted by Crippen LogP contribution is 2.01. The molecule has 0 spiro atoms. The van der Waals surface area contributed by atoms with Gasteiger partial charge in [0.15, 0.2) is 0 Å². The van der Waals surface area contributed by atoms with Crippen LogP contribution in [-0.4, -0.2) is 56.9 Å². The summed E-state index contributed by atoms with van der Waals surface area (Å²) in [5.41, 5.74) is 0. The van der Waals surface area contributed by atoms with Crippen LogP contribution in [0.4, 0.5) is 4.79 Å². The third-order valence-electron chi connectivity index (χ3n) is 2.38. The molecular weight excluding hydrogens is 244 g/mol. The molecule has 1 aliphatic heterocycles. The maximum Gasteiger partial charge on any atom is 0.327 e. The molecule has 0 aliphatic carbocycles. The normalized spacial score (nSPS) is 18.2. The second kappa shape index (κ2) is 6.25. The number of carbonyl (C=O) groups excluding carboxylic acids is 1. The molecule has 1 unspecified atom stereocenters. The van der Waals surface area contributed by atoms with Gasteiger partial charge in [0.2, 0.25) is 0 Å². The highest BCUT2D eigenvalue weighted by atomic mass is 32.2. The van der Waals surface area contributed by atoms with Crippen molar-refractivity contribution < 1.29 is 18.9 Å². The number of carbonyl (C=O) groups is 2. The Kier molecular flexibility index (Phi) is 4.97. The third kappa shape index (κ3) is 4.07. The van der Waals surface area contributed by atoms with E-state index in [0.29, 0.717) is 24.6 Å². The van der Waals surface area contributed by atoms with E-state index >= 15 is 0 Å². The van der Waals surface area contributed by atoms with Gasteiger partial charge in [0, 0.05) is 41.8 Å².